The Hall–Kier alpha value is -0.690. The average molecular weight is 278 g/mol. The van der Waals surface area contributed by atoms with Gasteiger partial charge in [0.25, 0.3) is 6.43 Å². The Bertz CT molecular complexity index is 370. The summed E-state index contributed by atoms with van der Waals surface area (Å²) in [4.78, 5) is 4.00. The van der Waals surface area contributed by atoms with Crippen LogP contribution >= 0.6 is 11.8 Å². The van der Waals surface area contributed by atoms with Gasteiger partial charge < -0.3 is 9.63 Å². The van der Waals surface area contributed by atoms with Gasteiger partial charge in [-0.3, -0.25) is 0 Å². The molecule has 1 aromatic rings. The molecule has 0 aromatic carbocycles. The lowest BCUT2D eigenvalue weighted by Crippen LogP contribution is -2.20. The van der Waals surface area contributed by atoms with Gasteiger partial charge in [0.1, 0.15) is 6.10 Å². The molecule has 18 heavy (non-hydrogen) atoms. The van der Waals surface area contributed by atoms with Crippen LogP contribution in [-0.2, 0) is 12.2 Å². The second-order valence-corrected chi connectivity index (χ2v) is 5.72. The van der Waals surface area contributed by atoms with Crippen LogP contribution in [0.15, 0.2) is 4.52 Å². The first kappa shape index (κ1) is 13.7. The van der Waals surface area contributed by atoms with Gasteiger partial charge in [-0.25, -0.2) is 8.78 Å². The Balaban J connectivity index is 1.78. The number of rotatable bonds is 6. The van der Waals surface area contributed by atoms with Crippen molar-refractivity contribution in [3.05, 3.63) is 11.7 Å². The summed E-state index contributed by atoms with van der Waals surface area (Å²) in [6.07, 6.45) is 0.178. The molecule has 102 valence electrons. The lowest BCUT2D eigenvalue weighted by Gasteiger charge is -2.05. The number of hydrogen-bond donors (Lipinski definition) is 1. The predicted octanol–water partition coefficient (Wildman–Crippen LogP) is 2.41. The topological polar surface area (TPSA) is 59.2 Å². The summed E-state index contributed by atoms with van der Waals surface area (Å²) in [5, 5.41) is 13.4. The van der Waals surface area contributed by atoms with Gasteiger partial charge in [0.15, 0.2) is 5.82 Å². The van der Waals surface area contributed by atoms with E-state index in [0.29, 0.717) is 16.8 Å². The van der Waals surface area contributed by atoms with Crippen molar-refractivity contribution in [3.8, 4) is 0 Å². The molecule has 0 aliphatic heterocycles. The van der Waals surface area contributed by atoms with E-state index in [-0.39, 0.29) is 12.3 Å². The van der Waals surface area contributed by atoms with Crippen LogP contribution in [0.25, 0.3) is 0 Å². The summed E-state index contributed by atoms with van der Waals surface area (Å²) >= 11 is 1.78. The fourth-order valence-corrected chi connectivity index (χ4v) is 3.12. The Morgan fingerprint density at radius 2 is 2.11 bits per heavy atom. The molecule has 0 bridgehead atoms. The quantitative estimate of drug-likeness (QED) is 0.866. The molecule has 1 unspecified atom stereocenters. The normalized spacial score (nSPS) is 18.7. The largest absolute Gasteiger partial charge is 0.387 e. The standard InChI is InChI=1S/C11H16F2N2O2S/c12-11(13)8(16)5-10-14-9(15-17-10)6-18-7-3-1-2-4-7/h7-8,11,16H,1-6H2. The van der Waals surface area contributed by atoms with Crippen LogP contribution in [-0.4, -0.2) is 33.0 Å². The fraction of sp³-hybridized carbons (Fsp3) is 0.818. The summed E-state index contributed by atoms with van der Waals surface area (Å²) in [6.45, 7) is 0. The number of hydrogen-bond acceptors (Lipinski definition) is 5. The van der Waals surface area contributed by atoms with E-state index in [1.165, 1.54) is 25.7 Å². The number of aliphatic hydroxyl groups is 1. The van der Waals surface area contributed by atoms with Gasteiger partial charge in [0.2, 0.25) is 5.89 Å². The van der Waals surface area contributed by atoms with Crippen molar-refractivity contribution in [2.24, 2.45) is 0 Å². The van der Waals surface area contributed by atoms with E-state index in [1.54, 1.807) is 11.8 Å². The zero-order chi connectivity index (χ0) is 13.0. The number of thioether (sulfide) groups is 1. The molecule has 1 aliphatic carbocycles. The highest BCUT2D eigenvalue weighted by Crippen LogP contribution is 2.30. The molecule has 1 heterocycles. The van der Waals surface area contributed by atoms with Crippen molar-refractivity contribution in [2.45, 2.75) is 55.6 Å². The molecule has 0 radical (unpaired) electrons. The summed E-state index contributed by atoms with van der Waals surface area (Å²) in [5.41, 5.74) is 0. The van der Waals surface area contributed by atoms with Crippen LogP contribution in [0.1, 0.15) is 37.4 Å². The number of halogens is 2. The maximum Gasteiger partial charge on any atom is 0.264 e. The molecule has 1 N–H and O–H groups in total. The molecule has 1 aliphatic rings. The Kier molecular flexibility index (Phi) is 4.94. The van der Waals surface area contributed by atoms with Crippen LogP contribution in [0.2, 0.25) is 0 Å². The third-order valence-electron chi connectivity index (χ3n) is 2.94. The van der Waals surface area contributed by atoms with E-state index < -0.39 is 12.5 Å². The van der Waals surface area contributed by atoms with Crippen molar-refractivity contribution in [2.75, 3.05) is 0 Å². The number of alkyl halides is 2. The molecule has 7 heteroatoms. The number of aromatic nitrogens is 2. The number of aliphatic hydroxyl groups excluding tert-OH is 1. The van der Waals surface area contributed by atoms with Crippen LogP contribution < -0.4 is 0 Å². The molecular formula is C11H16F2N2O2S. The average Bonchev–Trinajstić information content (AvgIpc) is 2.96. The summed E-state index contributed by atoms with van der Waals surface area (Å²) in [7, 11) is 0. The zero-order valence-corrected chi connectivity index (χ0v) is 10.7. The van der Waals surface area contributed by atoms with Crippen molar-refractivity contribution in [1.29, 1.82) is 0 Å². The predicted molar refractivity (Wildman–Crippen MR) is 63.6 cm³/mol. The van der Waals surface area contributed by atoms with E-state index in [2.05, 4.69) is 10.1 Å². The Morgan fingerprint density at radius 3 is 2.78 bits per heavy atom. The van der Waals surface area contributed by atoms with E-state index in [9.17, 15) is 8.78 Å². The second-order valence-electron chi connectivity index (χ2n) is 4.43. The van der Waals surface area contributed by atoms with Crippen LogP contribution in [0, 0.1) is 0 Å². The van der Waals surface area contributed by atoms with Crippen molar-refractivity contribution in [1.82, 2.24) is 10.1 Å². The maximum atomic E-state index is 12.1. The Morgan fingerprint density at radius 1 is 1.39 bits per heavy atom. The molecule has 4 nitrogen and oxygen atoms in total. The molecule has 1 atom stereocenters. The minimum atomic E-state index is -2.78. The first-order valence-corrected chi connectivity index (χ1v) is 7.09. The van der Waals surface area contributed by atoms with E-state index in [0.717, 1.165) is 0 Å². The fourth-order valence-electron chi connectivity index (χ4n) is 1.95. The summed E-state index contributed by atoms with van der Waals surface area (Å²) in [6, 6.07) is 0. The van der Waals surface area contributed by atoms with Crippen molar-refractivity contribution < 1.29 is 18.4 Å². The molecule has 0 spiro atoms. The Labute approximate surface area is 108 Å². The molecule has 0 amide bonds. The SMILES string of the molecule is OC(Cc1nc(CSC2CCCC2)no1)C(F)F. The van der Waals surface area contributed by atoms with Crippen LogP contribution in [0.5, 0.6) is 0 Å². The summed E-state index contributed by atoms with van der Waals surface area (Å²) in [5.74, 6) is 1.23. The van der Waals surface area contributed by atoms with Gasteiger partial charge in [-0.1, -0.05) is 18.0 Å². The minimum absolute atomic E-state index is 0.0739. The van der Waals surface area contributed by atoms with E-state index >= 15 is 0 Å². The summed E-state index contributed by atoms with van der Waals surface area (Å²) < 4.78 is 29.1. The highest BCUT2D eigenvalue weighted by molar-refractivity contribution is 7.99. The molecule has 1 fully saturated rings. The van der Waals surface area contributed by atoms with E-state index in [1.807, 2.05) is 0 Å². The van der Waals surface area contributed by atoms with Crippen molar-refractivity contribution in [3.63, 3.8) is 0 Å². The van der Waals surface area contributed by atoms with Gasteiger partial charge in [-0.05, 0) is 12.8 Å². The van der Waals surface area contributed by atoms with Gasteiger partial charge in [-0.15, -0.1) is 0 Å². The molecule has 1 saturated carbocycles. The molecule has 2 rings (SSSR count). The minimum Gasteiger partial charge on any atom is -0.387 e. The zero-order valence-electron chi connectivity index (χ0n) is 9.89. The third-order valence-corrected chi connectivity index (χ3v) is 4.30. The maximum absolute atomic E-state index is 12.1. The second kappa shape index (κ2) is 6.47. The number of nitrogens with zero attached hydrogens (tertiary/aromatic N) is 2. The first-order chi connectivity index (χ1) is 8.65. The molecule has 0 saturated heterocycles. The van der Waals surface area contributed by atoms with Gasteiger partial charge in [-0.2, -0.15) is 16.7 Å². The smallest absolute Gasteiger partial charge is 0.264 e. The van der Waals surface area contributed by atoms with Crippen molar-refractivity contribution >= 4 is 11.8 Å². The lowest BCUT2D eigenvalue weighted by atomic mass is 10.2. The van der Waals surface area contributed by atoms with Crippen LogP contribution in [0.3, 0.4) is 0 Å². The van der Waals surface area contributed by atoms with Gasteiger partial charge in [0, 0.05) is 5.25 Å². The van der Waals surface area contributed by atoms with E-state index in [4.69, 9.17) is 9.63 Å². The monoisotopic (exact) mass is 278 g/mol. The highest BCUT2D eigenvalue weighted by atomic mass is 32.2. The lowest BCUT2D eigenvalue weighted by molar-refractivity contribution is -0.00754. The highest BCUT2D eigenvalue weighted by Gasteiger charge is 2.21. The van der Waals surface area contributed by atoms with Crippen LogP contribution in [0.4, 0.5) is 8.78 Å². The molecular weight excluding hydrogens is 262 g/mol. The third kappa shape index (κ3) is 3.91. The van der Waals surface area contributed by atoms with Gasteiger partial charge in [0.05, 0.1) is 12.2 Å². The molecule has 1 aromatic heterocycles. The first-order valence-electron chi connectivity index (χ1n) is 6.04. The van der Waals surface area contributed by atoms with Gasteiger partial charge >= 0.3 is 0 Å².